The lowest BCUT2D eigenvalue weighted by Crippen LogP contribution is -2.48. The monoisotopic (exact) mass is 243 g/mol. The second kappa shape index (κ2) is 5.28. The second-order valence-electron chi connectivity index (χ2n) is 5.91. The van der Waals surface area contributed by atoms with Gasteiger partial charge in [0.2, 0.25) is 0 Å². The van der Waals surface area contributed by atoms with Crippen molar-refractivity contribution in [1.82, 2.24) is 5.32 Å². The van der Waals surface area contributed by atoms with Crippen molar-refractivity contribution in [1.29, 1.82) is 0 Å². The van der Waals surface area contributed by atoms with Gasteiger partial charge in [-0.15, -0.1) is 0 Å². The molecule has 16 heavy (non-hydrogen) atoms. The van der Waals surface area contributed by atoms with Crippen LogP contribution >= 0.6 is 11.8 Å². The van der Waals surface area contributed by atoms with Gasteiger partial charge in [-0.25, -0.2) is 0 Å². The van der Waals surface area contributed by atoms with E-state index in [4.69, 9.17) is 0 Å². The van der Waals surface area contributed by atoms with Crippen LogP contribution in [-0.2, 0) is 0 Å². The normalized spacial score (nSPS) is 44.8. The maximum atomic E-state index is 10.3. The number of nitrogens with one attached hydrogen (secondary N) is 1. The summed E-state index contributed by atoms with van der Waals surface area (Å²) >= 11 is 1.88. The third-order valence-corrected chi connectivity index (χ3v) is 5.44. The van der Waals surface area contributed by atoms with E-state index >= 15 is 0 Å². The summed E-state index contributed by atoms with van der Waals surface area (Å²) in [6.07, 6.45) is 4.92. The molecule has 1 aliphatic carbocycles. The highest BCUT2D eigenvalue weighted by Crippen LogP contribution is 2.30. The van der Waals surface area contributed by atoms with Crippen molar-refractivity contribution in [3.8, 4) is 0 Å². The van der Waals surface area contributed by atoms with Gasteiger partial charge in [0, 0.05) is 18.3 Å². The zero-order chi connectivity index (χ0) is 11.6. The molecular weight excluding hydrogens is 218 g/mol. The summed E-state index contributed by atoms with van der Waals surface area (Å²) in [6, 6.07) is 0.630. The van der Waals surface area contributed by atoms with Crippen molar-refractivity contribution < 1.29 is 5.11 Å². The largest absolute Gasteiger partial charge is 0.388 e. The van der Waals surface area contributed by atoms with Gasteiger partial charge < -0.3 is 10.4 Å². The lowest BCUT2D eigenvalue weighted by atomic mass is 9.79. The molecule has 1 saturated carbocycles. The molecule has 1 saturated heterocycles. The Hall–Kier alpha value is 0.270. The minimum Gasteiger partial charge on any atom is -0.388 e. The predicted octanol–water partition coefficient (Wildman–Crippen LogP) is 2.27. The van der Waals surface area contributed by atoms with Crippen LogP contribution in [0.2, 0.25) is 0 Å². The van der Waals surface area contributed by atoms with Crippen LogP contribution in [0.3, 0.4) is 0 Å². The summed E-state index contributed by atoms with van der Waals surface area (Å²) in [5.41, 5.74) is -0.423. The summed E-state index contributed by atoms with van der Waals surface area (Å²) < 4.78 is 0. The molecule has 94 valence electrons. The molecule has 2 fully saturated rings. The van der Waals surface area contributed by atoms with Gasteiger partial charge >= 0.3 is 0 Å². The second-order valence-corrected chi connectivity index (χ2v) is 7.02. The number of aliphatic hydroxyl groups is 1. The zero-order valence-electron chi connectivity index (χ0n) is 10.5. The van der Waals surface area contributed by atoms with Crippen LogP contribution in [0.15, 0.2) is 0 Å². The molecule has 3 heteroatoms. The molecule has 4 atom stereocenters. The first-order chi connectivity index (χ1) is 7.59. The number of hydrogen-bond acceptors (Lipinski definition) is 3. The van der Waals surface area contributed by atoms with Crippen LogP contribution in [-0.4, -0.2) is 34.8 Å². The number of rotatable bonds is 3. The zero-order valence-corrected chi connectivity index (χ0v) is 11.4. The van der Waals surface area contributed by atoms with Crippen LogP contribution in [0.1, 0.15) is 39.5 Å². The Kier molecular flexibility index (Phi) is 4.20. The Bertz CT molecular complexity index is 228. The van der Waals surface area contributed by atoms with E-state index in [1.54, 1.807) is 0 Å². The molecule has 1 heterocycles. The van der Waals surface area contributed by atoms with Crippen molar-refractivity contribution in [3.05, 3.63) is 0 Å². The molecule has 0 unspecified atom stereocenters. The van der Waals surface area contributed by atoms with E-state index in [1.807, 2.05) is 11.8 Å². The molecule has 2 nitrogen and oxygen atoms in total. The van der Waals surface area contributed by atoms with Crippen LogP contribution in [0.25, 0.3) is 0 Å². The number of thioether (sulfide) groups is 1. The van der Waals surface area contributed by atoms with E-state index in [1.165, 1.54) is 19.3 Å². The summed E-state index contributed by atoms with van der Waals surface area (Å²) in [5, 5.41) is 13.9. The van der Waals surface area contributed by atoms with E-state index in [0.717, 1.165) is 36.3 Å². The molecule has 2 rings (SSSR count). The maximum Gasteiger partial charge on any atom is 0.0869 e. The van der Waals surface area contributed by atoms with Crippen LogP contribution in [0.5, 0.6) is 0 Å². The summed E-state index contributed by atoms with van der Waals surface area (Å²) in [4.78, 5) is 0. The van der Waals surface area contributed by atoms with Gasteiger partial charge in [0.05, 0.1) is 5.60 Å². The van der Waals surface area contributed by atoms with Crippen molar-refractivity contribution in [3.63, 3.8) is 0 Å². The van der Waals surface area contributed by atoms with Crippen molar-refractivity contribution in [2.75, 3.05) is 18.1 Å². The smallest absolute Gasteiger partial charge is 0.0869 e. The fourth-order valence-corrected chi connectivity index (χ4v) is 4.32. The summed E-state index contributed by atoms with van der Waals surface area (Å²) in [6.45, 7) is 5.50. The lowest BCUT2D eigenvalue weighted by Gasteiger charge is -2.35. The summed E-state index contributed by atoms with van der Waals surface area (Å²) in [5.74, 6) is 3.69. The standard InChI is InChI=1S/C13H25NOS/c1-10-3-4-12(11(2)7-10)14-8-13(15)5-6-16-9-13/h10-12,14-15H,3-9H2,1-2H3/t10-,11-,12+,13-/m0/s1. The topological polar surface area (TPSA) is 32.3 Å². The van der Waals surface area contributed by atoms with Crippen LogP contribution < -0.4 is 5.32 Å². The number of hydrogen-bond donors (Lipinski definition) is 2. The molecule has 0 amide bonds. The minimum absolute atomic E-state index is 0.423. The highest BCUT2D eigenvalue weighted by molar-refractivity contribution is 7.99. The van der Waals surface area contributed by atoms with E-state index in [9.17, 15) is 5.11 Å². The predicted molar refractivity (Wildman–Crippen MR) is 70.9 cm³/mol. The molecule has 1 aliphatic heterocycles. The SMILES string of the molecule is C[C@H]1CC[C@@H](NC[C@@]2(O)CCSC2)[C@@H](C)C1. The van der Waals surface area contributed by atoms with E-state index < -0.39 is 5.60 Å². The Morgan fingerprint density at radius 3 is 2.81 bits per heavy atom. The molecule has 0 aromatic rings. The first kappa shape index (κ1) is 12.7. The molecule has 0 aromatic heterocycles. The molecular formula is C13H25NOS. The highest BCUT2D eigenvalue weighted by atomic mass is 32.2. The molecule has 0 spiro atoms. The molecule has 2 N–H and O–H groups in total. The van der Waals surface area contributed by atoms with Crippen molar-refractivity contribution in [2.24, 2.45) is 11.8 Å². The Morgan fingerprint density at radius 2 is 2.19 bits per heavy atom. The molecule has 0 bridgehead atoms. The minimum atomic E-state index is -0.423. The Labute approximate surface area is 104 Å². The summed E-state index contributed by atoms with van der Waals surface area (Å²) in [7, 11) is 0. The lowest BCUT2D eigenvalue weighted by molar-refractivity contribution is 0.0585. The fourth-order valence-electron chi connectivity index (χ4n) is 3.03. The average Bonchev–Trinajstić information content (AvgIpc) is 2.64. The quantitative estimate of drug-likeness (QED) is 0.797. The van der Waals surface area contributed by atoms with Gasteiger partial charge in [0.15, 0.2) is 0 Å². The van der Waals surface area contributed by atoms with E-state index in [-0.39, 0.29) is 0 Å². The Balaban J connectivity index is 1.77. The first-order valence-corrected chi connectivity index (χ1v) is 7.78. The maximum absolute atomic E-state index is 10.3. The van der Waals surface area contributed by atoms with Crippen LogP contribution in [0.4, 0.5) is 0 Å². The van der Waals surface area contributed by atoms with Crippen molar-refractivity contribution in [2.45, 2.75) is 51.2 Å². The highest BCUT2D eigenvalue weighted by Gasteiger charge is 2.33. The van der Waals surface area contributed by atoms with Gasteiger partial charge in [-0.2, -0.15) is 11.8 Å². The third kappa shape index (κ3) is 3.14. The fraction of sp³-hybridized carbons (Fsp3) is 1.00. The van der Waals surface area contributed by atoms with Gasteiger partial charge in [-0.05, 0) is 43.3 Å². The first-order valence-electron chi connectivity index (χ1n) is 6.62. The average molecular weight is 243 g/mol. The van der Waals surface area contributed by atoms with E-state index in [0.29, 0.717) is 6.04 Å². The van der Waals surface area contributed by atoms with Gasteiger partial charge in [0.25, 0.3) is 0 Å². The van der Waals surface area contributed by atoms with Crippen LogP contribution in [0, 0.1) is 11.8 Å². The van der Waals surface area contributed by atoms with Gasteiger partial charge in [0.1, 0.15) is 0 Å². The molecule has 0 aromatic carbocycles. The van der Waals surface area contributed by atoms with Crippen molar-refractivity contribution >= 4 is 11.8 Å². The third-order valence-electron chi connectivity index (χ3n) is 4.21. The molecule has 0 radical (unpaired) electrons. The Morgan fingerprint density at radius 1 is 1.38 bits per heavy atom. The van der Waals surface area contributed by atoms with Gasteiger partial charge in [-0.3, -0.25) is 0 Å². The van der Waals surface area contributed by atoms with E-state index in [2.05, 4.69) is 19.2 Å². The van der Waals surface area contributed by atoms with Gasteiger partial charge in [-0.1, -0.05) is 13.8 Å². The molecule has 2 aliphatic rings.